The second-order valence-electron chi connectivity index (χ2n) is 5.39. The van der Waals surface area contributed by atoms with Gasteiger partial charge in [0.1, 0.15) is 11.6 Å². The molecule has 112 valence electrons. The Morgan fingerprint density at radius 2 is 1.71 bits per heavy atom. The number of methoxy groups -OCH3 is 1. The van der Waals surface area contributed by atoms with Gasteiger partial charge in [-0.3, -0.25) is 0 Å². The van der Waals surface area contributed by atoms with E-state index in [9.17, 15) is 4.39 Å². The SMILES string of the molecule is CNC(C)c1ccc(F)c(-c2cc(C)c(OC)c(C)c2)c1. The smallest absolute Gasteiger partial charge is 0.131 e. The third-order valence-corrected chi connectivity index (χ3v) is 3.90. The van der Waals surface area contributed by atoms with Crippen molar-refractivity contribution in [2.24, 2.45) is 0 Å². The molecule has 0 aliphatic carbocycles. The minimum Gasteiger partial charge on any atom is -0.496 e. The number of hydrogen-bond acceptors (Lipinski definition) is 2. The monoisotopic (exact) mass is 287 g/mol. The van der Waals surface area contributed by atoms with Gasteiger partial charge in [0.05, 0.1) is 7.11 Å². The Kier molecular flexibility index (Phi) is 4.63. The van der Waals surface area contributed by atoms with Crippen LogP contribution in [0.25, 0.3) is 11.1 Å². The van der Waals surface area contributed by atoms with Crippen molar-refractivity contribution in [1.29, 1.82) is 0 Å². The van der Waals surface area contributed by atoms with E-state index in [1.54, 1.807) is 7.11 Å². The van der Waals surface area contributed by atoms with E-state index >= 15 is 0 Å². The number of aryl methyl sites for hydroxylation is 2. The molecular weight excluding hydrogens is 265 g/mol. The van der Waals surface area contributed by atoms with Crippen LogP contribution >= 0.6 is 0 Å². The molecule has 0 saturated heterocycles. The molecule has 21 heavy (non-hydrogen) atoms. The van der Waals surface area contributed by atoms with E-state index in [4.69, 9.17) is 4.74 Å². The third-order valence-electron chi connectivity index (χ3n) is 3.90. The molecule has 0 heterocycles. The van der Waals surface area contributed by atoms with Gasteiger partial charge < -0.3 is 10.1 Å². The van der Waals surface area contributed by atoms with Gasteiger partial charge >= 0.3 is 0 Å². The number of nitrogens with one attached hydrogen (secondary N) is 1. The summed E-state index contributed by atoms with van der Waals surface area (Å²) in [6.07, 6.45) is 0. The predicted octanol–water partition coefficient (Wildman–Crippen LogP) is 4.40. The molecular formula is C18H22FNO. The van der Waals surface area contributed by atoms with E-state index in [-0.39, 0.29) is 11.9 Å². The standard InChI is InChI=1S/C18H22FNO/c1-11-8-15(9-12(2)18(11)21-5)16-10-14(13(3)20-4)6-7-17(16)19/h6-10,13,20H,1-5H3. The van der Waals surface area contributed by atoms with Crippen LogP contribution in [0.4, 0.5) is 4.39 Å². The predicted molar refractivity (Wildman–Crippen MR) is 85.3 cm³/mol. The first-order valence-corrected chi connectivity index (χ1v) is 7.10. The van der Waals surface area contributed by atoms with Gasteiger partial charge in [0, 0.05) is 11.6 Å². The summed E-state index contributed by atoms with van der Waals surface area (Å²) >= 11 is 0. The van der Waals surface area contributed by atoms with Crippen molar-refractivity contribution in [3.8, 4) is 16.9 Å². The molecule has 0 radical (unpaired) electrons. The van der Waals surface area contributed by atoms with Crippen molar-refractivity contribution in [3.05, 3.63) is 52.8 Å². The summed E-state index contributed by atoms with van der Waals surface area (Å²) < 4.78 is 19.6. The molecule has 0 aromatic heterocycles. The quantitative estimate of drug-likeness (QED) is 0.900. The van der Waals surface area contributed by atoms with Gasteiger partial charge in [0.2, 0.25) is 0 Å². The summed E-state index contributed by atoms with van der Waals surface area (Å²) in [5.74, 6) is 0.657. The van der Waals surface area contributed by atoms with Gasteiger partial charge in [-0.05, 0) is 74.3 Å². The second kappa shape index (κ2) is 6.27. The summed E-state index contributed by atoms with van der Waals surface area (Å²) in [5, 5.41) is 3.18. The molecule has 0 aliphatic rings. The molecule has 3 heteroatoms. The van der Waals surface area contributed by atoms with Gasteiger partial charge in [0.25, 0.3) is 0 Å². The lowest BCUT2D eigenvalue weighted by Crippen LogP contribution is -2.12. The maximum absolute atomic E-state index is 14.2. The normalized spacial score (nSPS) is 12.3. The maximum Gasteiger partial charge on any atom is 0.131 e. The first-order chi connectivity index (χ1) is 9.97. The van der Waals surface area contributed by atoms with Crippen LogP contribution in [0.1, 0.15) is 29.7 Å². The van der Waals surface area contributed by atoms with Crippen molar-refractivity contribution in [1.82, 2.24) is 5.32 Å². The Bertz CT molecular complexity index is 629. The Balaban J connectivity index is 2.56. The Morgan fingerprint density at radius 1 is 1.10 bits per heavy atom. The molecule has 0 saturated carbocycles. The van der Waals surface area contributed by atoms with Gasteiger partial charge in [0.15, 0.2) is 0 Å². The molecule has 0 amide bonds. The van der Waals surface area contributed by atoms with Gasteiger partial charge in [-0.25, -0.2) is 4.39 Å². The fourth-order valence-corrected chi connectivity index (χ4v) is 2.63. The highest BCUT2D eigenvalue weighted by atomic mass is 19.1. The summed E-state index contributed by atoms with van der Waals surface area (Å²) in [4.78, 5) is 0. The summed E-state index contributed by atoms with van der Waals surface area (Å²) in [5.41, 5.74) is 4.61. The van der Waals surface area contributed by atoms with Gasteiger partial charge in [-0.2, -0.15) is 0 Å². The van der Waals surface area contributed by atoms with Crippen LogP contribution in [-0.4, -0.2) is 14.2 Å². The van der Waals surface area contributed by atoms with E-state index in [1.165, 1.54) is 6.07 Å². The number of halogens is 1. The number of rotatable bonds is 4. The first-order valence-electron chi connectivity index (χ1n) is 7.10. The average Bonchev–Trinajstić information content (AvgIpc) is 2.46. The number of hydrogen-bond donors (Lipinski definition) is 1. The molecule has 2 aromatic rings. The van der Waals surface area contributed by atoms with Gasteiger partial charge in [-0.1, -0.05) is 6.07 Å². The molecule has 0 fully saturated rings. The summed E-state index contributed by atoms with van der Waals surface area (Å²) in [7, 11) is 3.56. The van der Waals surface area contributed by atoms with Crippen molar-refractivity contribution >= 4 is 0 Å². The minimum absolute atomic E-state index is 0.185. The van der Waals surface area contributed by atoms with Crippen molar-refractivity contribution in [2.75, 3.05) is 14.2 Å². The van der Waals surface area contributed by atoms with E-state index in [0.717, 1.165) is 28.0 Å². The number of benzene rings is 2. The van der Waals surface area contributed by atoms with E-state index in [1.807, 2.05) is 45.2 Å². The minimum atomic E-state index is -0.203. The molecule has 1 N–H and O–H groups in total. The zero-order valence-corrected chi connectivity index (χ0v) is 13.3. The highest BCUT2D eigenvalue weighted by molar-refractivity contribution is 5.68. The van der Waals surface area contributed by atoms with Crippen LogP contribution in [0.5, 0.6) is 5.75 Å². The van der Waals surface area contributed by atoms with Crippen LogP contribution in [-0.2, 0) is 0 Å². The van der Waals surface area contributed by atoms with Crippen LogP contribution < -0.4 is 10.1 Å². The van der Waals surface area contributed by atoms with E-state index < -0.39 is 0 Å². The zero-order valence-electron chi connectivity index (χ0n) is 13.3. The Hall–Kier alpha value is -1.87. The first kappa shape index (κ1) is 15.5. The van der Waals surface area contributed by atoms with E-state index in [2.05, 4.69) is 12.2 Å². The summed E-state index contributed by atoms with van der Waals surface area (Å²) in [6.45, 7) is 6.02. The molecule has 0 spiro atoms. The summed E-state index contributed by atoms with van der Waals surface area (Å²) in [6, 6.07) is 9.40. The Morgan fingerprint density at radius 3 is 2.24 bits per heavy atom. The highest BCUT2D eigenvalue weighted by Gasteiger charge is 2.12. The lowest BCUT2D eigenvalue weighted by atomic mass is 9.96. The lowest BCUT2D eigenvalue weighted by Gasteiger charge is -2.15. The van der Waals surface area contributed by atoms with Crippen LogP contribution in [0.2, 0.25) is 0 Å². The molecule has 0 bridgehead atoms. The molecule has 0 aliphatic heterocycles. The topological polar surface area (TPSA) is 21.3 Å². The molecule has 2 rings (SSSR count). The zero-order chi connectivity index (χ0) is 15.6. The van der Waals surface area contributed by atoms with E-state index in [0.29, 0.717) is 5.56 Å². The van der Waals surface area contributed by atoms with Crippen molar-refractivity contribution in [3.63, 3.8) is 0 Å². The molecule has 1 unspecified atom stereocenters. The maximum atomic E-state index is 14.2. The fraction of sp³-hybridized carbons (Fsp3) is 0.333. The molecule has 2 aromatic carbocycles. The van der Waals surface area contributed by atoms with Crippen molar-refractivity contribution < 1.29 is 9.13 Å². The largest absolute Gasteiger partial charge is 0.496 e. The second-order valence-corrected chi connectivity index (χ2v) is 5.39. The third kappa shape index (κ3) is 3.08. The van der Waals surface area contributed by atoms with Crippen LogP contribution in [0, 0.1) is 19.7 Å². The molecule has 1 atom stereocenters. The van der Waals surface area contributed by atoms with Crippen LogP contribution in [0.15, 0.2) is 30.3 Å². The number of ether oxygens (including phenoxy) is 1. The van der Waals surface area contributed by atoms with Crippen LogP contribution in [0.3, 0.4) is 0 Å². The van der Waals surface area contributed by atoms with Gasteiger partial charge in [-0.15, -0.1) is 0 Å². The fourth-order valence-electron chi connectivity index (χ4n) is 2.63. The lowest BCUT2D eigenvalue weighted by molar-refractivity contribution is 0.408. The van der Waals surface area contributed by atoms with Crippen molar-refractivity contribution in [2.45, 2.75) is 26.8 Å². The highest BCUT2D eigenvalue weighted by Crippen LogP contribution is 2.32. The molecule has 2 nitrogen and oxygen atoms in total. The average molecular weight is 287 g/mol. The Labute approximate surface area is 126 Å².